The van der Waals surface area contributed by atoms with Crippen molar-refractivity contribution in [2.75, 3.05) is 6.66 Å². The van der Waals surface area contributed by atoms with Gasteiger partial charge in [-0.15, -0.1) is 0 Å². The summed E-state index contributed by atoms with van der Waals surface area (Å²) in [5, 5.41) is 0. The van der Waals surface area contributed by atoms with E-state index >= 15 is 0 Å². The molecule has 0 amide bonds. The molecular formula is CH3N6OP. The fourth-order valence-electron chi connectivity index (χ4n) is 0.166. The summed E-state index contributed by atoms with van der Waals surface area (Å²) in [5.74, 6) is 0. The lowest BCUT2D eigenvalue weighted by atomic mass is 12.0. The van der Waals surface area contributed by atoms with Gasteiger partial charge in [-0.2, -0.15) is 0 Å². The molecule has 0 bridgehead atoms. The lowest BCUT2D eigenvalue weighted by molar-refractivity contribution is 0.580. The Balaban J connectivity index is 4.59. The van der Waals surface area contributed by atoms with E-state index < -0.39 is 7.44 Å². The predicted molar refractivity (Wildman–Crippen MR) is 31.8 cm³/mol. The minimum atomic E-state index is -3.28. The van der Waals surface area contributed by atoms with Crippen LogP contribution in [0, 0.1) is 0 Å². The molecule has 0 rings (SSSR count). The Morgan fingerprint density at radius 1 is 1.33 bits per heavy atom. The molecule has 0 fully saturated rings. The van der Waals surface area contributed by atoms with Crippen LogP contribution in [0.2, 0.25) is 0 Å². The SMILES string of the molecule is CP(=O)(N=[N+]=[N-])N=[N+]=[N-]. The van der Waals surface area contributed by atoms with E-state index in [9.17, 15) is 4.57 Å². The third-order valence-electron chi connectivity index (χ3n) is 0.412. The van der Waals surface area contributed by atoms with Gasteiger partial charge in [0.2, 0.25) is 0 Å². The van der Waals surface area contributed by atoms with Gasteiger partial charge in [0.15, 0.2) is 0 Å². The molecule has 7 nitrogen and oxygen atoms in total. The first-order valence-corrected chi connectivity index (χ1v) is 3.89. The zero-order valence-corrected chi connectivity index (χ0v) is 5.43. The van der Waals surface area contributed by atoms with E-state index in [2.05, 4.69) is 19.6 Å². The summed E-state index contributed by atoms with van der Waals surface area (Å²) in [6, 6.07) is 0. The summed E-state index contributed by atoms with van der Waals surface area (Å²) in [7, 11) is -3.28. The predicted octanol–water partition coefficient (Wildman–Crippen LogP) is 2.43. The van der Waals surface area contributed by atoms with Gasteiger partial charge < -0.3 is 4.57 Å². The Hall–Kier alpha value is -1.15. The first kappa shape index (κ1) is 7.85. The highest BCUT2D eigenvalue weighted by Crippen LogP contribution is 2.44. The zero-order valence-electron chi connectivity index (χ0n) is 4.54. The van der Waals surface area contributed by atoms with Gasteiger partial charge in [-0.05, 0) is 20.8 Å². The standard InChI is InChI=1S/CH3N6OP/c1-9(8,6-4-2)7-5-3/h1H3. The smallest absolute Gasteiger partial charge is 0.255 e. The Bertz CT molecular complexity index is 209. The van der Waals surface area contributed by atoms with E-state index in [1.165, 1.54) is 0 Å². The molecule has 0 spiro atoms. The van der Waals surface area contributed by atoms with Gasteiger partial charge in [0, 0.05) is 16.5 Å². The molecular weight excluding hydrogens is 143 g/mol. The van der Waals surface area contributed by atoms with Crippen LogP contribution in [0.4, 0.5) is 0 Å². The molecule has 9 heavy (non-hydrogen) atoms. The maximum absolute atomic E-state index is 10.6. The summed E-state index contributed by atoms with van der Waals surface area (Å²) in [6.07, 6.45) is 0. The summed E-state index contributed by atoms with van der Waals surface area (Å²) < 4.78 is 10.6. The second-order valence-electron chi connectivity index (χ2n) is 1.19. The van der Waals surface area contributed by atoms with Crippen LogP contribution in [-0.2, 0) is 4.57 Å². The lowest BCUT2D eigenvalue weighted by Gasteiger charge is -1.88. The second-order valence-corrected chi connectivity index (χ2v) is 3.22. The number of hydrogen-bond acceptors (Lipinski definition) is 1. The monoisotopic (exact) mass is 146 g/mol. The number of azide groups is 1. The second kappa shape index (κ2) is 2.99. The van der Waals surface area contributed by atoms with Gasteiger partial charge in [0.05, 0.1) is 0 Å². The van der Waals surface area contributed by atoms with Gasteiger partial charge >= 0.3 is 0 Å². The van der Waals surface area contributed by atoms with Crippen LogP contribution in [0.1, 0.15) is 0 Å². The van der Waals surface area contributed by atoms with Crippen molar-refractivity contribution in [1.82, 2.24) is 0 Å². The van der Waals surface area contributed by atoms with Crippen LogP contribution in [0.25, 0.3) is 20.9 Å². The fourth-order valence-corrected chi connectivity index (χ4v) is 0.499. The Morgan fingerprint density at radius 2 is 1.67 bits per heavy atom. The number of hydrogen-bond donors (Lipinski definition) is 0. The van der Waals surface area contributed by atoms with Crippen molar-refractivity contribution in [2.45, 2.75) is 0 Å². The van der Waals surface area contributed by atoms with Gasteiger partial charge in [-0.25, -0.2) is 0 Å². The third kappa shape index (κ3) is 3.43. The molecule has 48 valence electrons. The molecule has 0 aliphatic heterocycles. The molecule has 0 heterocycles. The van der Waals surface area contributed by atoms with Crippen LogP contribution in [0.15, 0.2) is 9.77 Å². The van der Waals surface area contributed by atoms with Gasteiger partial charge in [0.25, 0.3) is 7.44 Å². The highest BCUT2D eigenvalue weighted by Gasteiger charge is 2.06. The molecule has 0 unspecified atom stereocenters. The van der Waals surface area contributed by atoms with E-state index in [1.54, 1.807) is 0 Å². The topological polar surface area (TPSA) is 115 Å². The molecule has 0 aromatic heterocycles. The zero-order chi connectivity index (χ0) is 7.33. The summed E-state index contributed by atoms with van der Waals surface area (Å²) in [6.45, 7) is 1.08. The molecule has 0 saturated heterocycles. The minimum Gasteiger partial charge on any atom is -0.310 e. The molecule has 8 heteroatoms. The highest BCUT2D eigenvalue weighted by atomic mass is 31.2. The molecule has 0 aromatic carbocycles. The maximum atomic E-state index is 10.6. The Labute approximate surface area is 50.4 Å². The van der Waals surface area contributed by atoms with Crippen molar-refractivity contribution in [3.63, 3.8) is 0 Å². The van der Waals surface area contributed by atoms with Crippen molar-refractivity contribution in [1.29, 1.82) is 0 Å². The maximum Gasteiger partial charge on any atom is 0.255 e. The molecule has 0 aliphatic carbocycles. The number of nitrogens with zero attached hydrogens (tertiary/aromatic N) is 6. The van der Waals surface area contributed by atoms with Crippen LogP contribution in [0.5, 0.6) is 0 Å². The summed E-state index contributed by atoms with van der Waals surface area (Å²) >= 11 is 0. The molecule has 0 saturated carbocycles. The minimum absolute atomic E-state index is 1.08. The molecule has 0 aromatic rings. The first-order chi connectivity index (χ1) is 4.12. The van der Waals surface area contributed by atoms with E-state index in [4.69, 9.17) is 11.1 Å². The first-order valence-electron chi connectivity index (χ1n) is 1.83. The molecule has 0 aliphatic rings. The van der Waals surface area contributed by atoms with Crippen LogP contribution < -0.4 is 0 Å². The van der Waals surface area contributed by atoms with E-state index in [0.717, 1.165) is 6.66 Å². The van der Waals surface area contributed by atoms with E-state index in [-0.39, 0.29) is 0 Å². The van der Waals surface area contributed by atoms with Crippen molar-refractivity contribution < 1.29 is 4.57 Å². The van der Waals surface area contributed by atoms with Crippen molar-refractivity contribution in [3.05, 3.63) is 20.9 Å². The Kier molecular flexibility index (Phi) is 2.61. The molecule has 0 radical (unpaired) electrons. The summed E-state index contributed by atoms with van der Waals surface area (Å²) in [4.78, 5) is 9.97. The molecule has 0 atom stereocenters. The quantitative estimate of drug-likeness (QED) is 0.253. The molecule has 0 N–H and O–H groups in total. The lowest BCUT2D eigenvalue weighted by Crippen LogP contribution is -1.58. The largest absolute Gasteiger partial charge is 0.310 e. The fraction of sp³-hybridized carbons (Fsp3) is 1.00. The van der Waals surface area contributed by atoms with E-state index in [1.807, 2.05) is 0 Å². The van der Waals surface area contributed by atoms with Gasteiger partial charge in [-0.1, -0.05) is 0 Å². The summed E-state index contributed by atoms with van der Waals surface area (Å²) in [5.41, 5.74) is 15.5. The van der Waals surface area contributed by atoms with Crippen molar-refractivity contribution >= 4 is 7.44 Å². The average Bonchev–Trinajstić information content (AvgIpc) is 1.64. The van der Waals surface area contributed by atoms with Crippen LogP contribution in [0.3, 0.4) is 0 Å². The normalized spacial score (nSPS) is 14.3. The van der Waals surface area contributed by atoms with E-state index in [0.29, 0.717) is 0 Å². The average molecular weight is 146 g/mol. The van der Waals surface area contributed by atoms with Crippen molar-refractivity contribution in [3.8, 4) is 0 Å². The van der Waals surface area contributed by atoms with Crippen LogP contribution in [-0.4, -0.2) is 6.66 Å². The van der Waals surface area contributed by atoms with Crippen LogP contribution >= 0.6 is 7.44 Å². The Morgan fingerprint density at radius 3 is 1.89 bits per heavy atom. The third-order valence-corrected chi connectivity index (χ3v) is 1.24. The highest BCUT2D eigenvalue weighted by molar-refractivity contribution is 7.60. The number of rotatable bonds is 2. The van der Waals surface area contributed by atoms with Crippen molar-refractivity contribution in [2.24, 2.45) is 9.77 Å². The van der Waals surface area contributed by atoms with Gasteiger partial charge in [-0.3, -0.25) is 0 Å². The van der Waals surface area contributed by atoms with Gasteiger partial charge in [0.1, 0.15) is 0 Å².